The molecule has 12 aromatic heterocycles. The van der Waals surface area contributed by atoms with Crippen molar-refractivity contribution in [2.45, 2.75) is 0 Å². The van der Waals surface area contributed by atoms with E-state index in [4.69, 9.17) is 13.3 Å². The Hall–Kier alpha value is -18.2. The highest BCUT2D eigenvalue weighted by Crippen LogP contribution is 2.44. The Morgan fingerprint density at radius 2 is 0.394 bits per heavy atom. The van der Waals surface area contributed by atoms with Gasteiger partial charge < -0.3 is 40.7 Å². The lowest BCUT2D eigenvalue weighted by Gasteiger charge is -2.12. The van der Waals surface area contributed by atoms with Crippen LogP contribution in [0.5, 0.6) is 0 Å². The molecular weight excluding hydrogens is 1620 g/mol. The number of para-hydroxylation sites is 9. The van der Waals surface area contributed by atoms with Crippen LogP contribution >= 0.6 is 0 Å². The third-order valence-electron chi connectivity index (χ3n) is 26.9. The molecule has 0 amide bonds. The smallest absolute Gasteiger partial charge is 0.306 e. The molecule has 0 aliphatic carbocycles. The summed E-state index contributed by atoms with van der Waals surface area (Å²) in [7, 11) is 0. The SMILES string of the molecule is c1cc(-c2ccc3c(c2)nc2occn23)cc(-n2c3ccccc3c3cc(-n4c5ccccc5c5ccccc54)ccc32)c1.c1cc(-c2cccc(-n3c4ccccc4c4cc(-n5c6ccccc6c6ccccc65)ccc43)c2)cc(-c2ccc3nc4occn4c3c2)c1.c1ccc2c(c1)c1ccccc1n2-c1ccc2c(c1)c1ccccc1n2-c1ccc2nc3occn3c2c1. The summed E-state index contributed by atoms with van der Waals surface area (Å²) >= 11 is 0. The van der Waals surface area contributed by atoms with E-state index in [1.807, 2.05) is 31.8 Å². The van der Waals surface area contributed by atoms with Crippen LogP contribution in [0.25, 0.3) is 249 Å². The van der Waals surface area contributed by atoms with E-state index in [0.717, 1.165) is 89.5 Å². The normalized spacial score (nSPS) is 12.1. The monoisotopic (exact) mass is 1690 g/mol. The van der Waals surface area contributed by atoms with Gasteiger partial charge >= 0.3 is 17.5 Å². The zero-order chi connectivity index (χ0) is 86.3. The van der Waals surface area contributed by atoms with Crippen molar-refractivity contribution < 1.29 is 13.3 Å². The number of imidazole rings is 3. The second kappa shape index (κ2) is 28.7. The van der Waals surface area contributed by atoms with E-state index in [9.17, 15) is 0 Å². The van der Waals surface area contributed by atoms with Crippen LogP contribution in [0.15, 0.2) is 451 Å². The molecule has 0 unspecified atom stereocenters. The Balaban J connectivity index is 0.0000001000. The molecule has 618 valence electrons. The van der Waals surface area contributed by atoms with Crippen molar-refractivity contribution in [1.29, 1.82) is 0 Å². The van der Waals surface area contributed by atoms with E-state index in [-0.39, 0.29) is 0 Å². The molecule has 0 N–H and O–H groups in total. The molecule has 18 aromatic carbocycles. The molecule has 12 heterocycles. The Kier molecular flexibility index (Phi) is 15.9. The van der Waals surface area contributed by atoms with Gasteiger partial charge in [-0.3, -0.25) is 13.2 Å². The Morgan fingerprint density at radius 3 is 0.758 bits per heavy atom. The maximum Gasteiger partial charge on any atom is 0.306 e. The van der Waals surface area contributed by atoms with Crippen LogP contribution in [0, 0.1) is 0 Å². The minimum absolute atomic E-state index is 0.607. The first-order valence-electron chi connectivity index (χ1n) is 44.4. The van der Waals surface area contributed by atoms with Crippen LogP contribution in [-0.4, -0.2) is 55.6 Å². The maximum absolute atomic E-state index is 5.53. The molecule has 30 aromatic rings. The summed E-state index contributed by atoms with van der Waals surface area (Å²) < 4.78 is 36.8. The van der Waals surface area contributed by atoms with Gasteiger partial charge in [-0.05, 0) is 215 Å². The number of nitrogens with zero attached hydrogens (tertiary/aromatic N) is 12. The fourth-order valence-corrected chi connectivity index (χ4v) is 21.1. The second-order valence-corrected chi connectivity index (χ2v) is 34.0. The third kappa shape index (κ3) is 11.2. The number of rotatable bonds is 9. The lowest BCUT2D eigenvalue weighted by atomic mass is 9.98. The maximum atomic E-state index is 5.53. The predicted octanol–water partition coefficient (Wildman–Crippen LogP) is 29.8. The van der Waals surface area contributed by atoms with E-state index in [1.54, 1.807) is 18.8 Å². The van der Waals surface area contributed by atoms with Crippen LogP contribution in [0.4, 0.5) is 0 Å². The number of benzene rings is 18. The van der Waals surface area contributed by atoms with Gasteiger partial charge in [-0.1, -0.05) is 218 Å². The fourth-order valence-electron chi connectivity index (χ4n) is 21.1. The highest BCUT2D eigenvalue weighted by atomic mass is 16.4. The molecule has 0 atom stereocenters. The quantitative estimate of drug-likeness (QED) is 0.142. The number of hydrogen-bond acceptors (Lipinski definition) is 6. The highest BCUT2D eigenvalue weighted by Gasteiger charge is 2.24. The molecular formula is C117H72N12O3. The van der Waals surface area contributed by atoms with Gasteiger partial charge in [0.2, 0.25) is 0 Å². The lowest BCUT2D eigenvalue weighted by Crippen LogP contribution is -1.96. The molecule has 30 rings (SSSR count). The van der Waals surface area contributed by atoms with Crippen LogP contribution < -0.4 is 0 Å². The van der Waals surface area contributed by atoms with Crippen molar-refractivity contribution in [2.24, 2.45) is 0 Å². The average molecular weight is 1690 g/mol. The van der Waals surface area contributed by atoms with Crippen molar-refractivity contribution in [2.75, 3.05) is 0 Å². The number of hydrogen-bond donors (Lipinski definition) is 0. The van der Waals surface area contributed by atoms with Gasteiger partial charge in [-0.25, -0.2) is 0 Å². The number of aromatic nitrogens is 12. The summed E-state index contributed by atoms with van der Waals surface area (Å²) in [4.78, 5) is 13.9. The first kappa shape index (κ1) is 73.0. The Bertz CT molecular complexity index is 9850. The van der Waals surface area contributed by atoms with Gasteiger partial charge in [0.15, 0.2) is 0 Å². The molecule has 0 radical (unpaired) electrons. The molecule has 15 heteroatoms. The number of oxazole rings is 3. The van der Waals surface area contributed by atoms with E-state index >= 15 is 0 Å². The zero-order valence-corrected chi connectivity index (χ0v) is 70.7. The van der Waals surface area contributed by atoms with Crippen molar-refractivity contribution >= 4 is 181 Å². The van der Waals surface area contributed by atoms with Crippen LogP contribution in [0.1, 0.15) is 0 Å². The van der Waals surface area contributed by atoms with Crippen LogP contribution in [0.2, 0.25) is 0 Å². The van der Waals surface area contributed by atoms with Crippen molar-refractivity contribution in [1.82, 2.24) is 55.6 Å². The Morgan fingerprint density at radius 1 is 0.152 bits per heavy atom. The van der Waals surface area contributed by atoms with Crippen molar-refractivity contribution in [3.8, 4) is 67.5 Å². The molecule has 0 saturated heterocycles. The molecule has 0 spiro atoms. The Labute approximate surface area is 750 Å². The lowest BCUT2D eigenvalue weighted by molar-refractivity contribution is 0.596. The topological polar surface area (TPSA) is 121 Å². The average Bonchev–Trinajstić information content (AvgIpc) is 1.57. The van der Waals surface area contributed by atoms with Gasteiger partial charge in [0.1, 0.15) is 18.8 Å². The van der Waals surface area contributed by atoms with Crippen molar-refractivity contribution in [3.05, 3.63) is 438 Å². The fraction of sp³-hybridized carbons (Fsp3) is 0. The molecule has 15 nitrogen and oxygen atoms in total. The predicted molar refractivity (Wildman–Crippen MR) is 537 cm³/mol. The van der Waals surface area contributed by atoms with Crippen LogP contribution in [-0.2, 0) is 0 Å². The third-order valence-corrected chi connectivity index (χ3v) is 26.9. The highest BCUT2D eigenvalue weighted by molar-refractivity contribution is 6.17. The van der Waals surface area contributed by atoms with Gasteiger partial charge in [-0.2, -0.15) is 15.0 Å². The van der Waals surface area contributed by atoms with Gasteiger partial charge in [0.05, 0.1) is 99.3 Å². The first-order chi connectivity index (χ1) is 65.4. The summed E-state index contributed by atoms with van der Waals surface area (Å²) in [6.07, 6.45) is 10.7. The summed E-state index contributed by atoms with van der Waals surface area (Å²) in [5.74, 6) is 1.82. The zero-order valence-electron chi connectivity index (χ0n) is 70.7. The minimum atomic E-state index is 0.607. The molecule has 0 aliphatic heterocycles. The molecule has 0 aliphatic rings. The van der Waals surface area contributed by atoms with Gasteiger partial charge in [-0.15, -0.1) is 0 Å². The summed E-state index contributed by atoms with van der Waals surface area (Å²) in [5.41, 5.74) is 33.9. The van der Waals surface area contributed by atoms with E-state index < -0.39 is 0 Å². The summed E-state index contributed by atoms with van der Waals surface area (Å²) in [6, 6.07) is 144. The minimum Gasteiger partial charge on any atom is -0.432 e. The van der Waals surface area contributed by atoms with Gasteiger partial charge in [0.25, 0.3) is 0 Å². The molecule has 132 heavy (non-hydrogen) atoms. The first-order valence-corrected chi connectivity index (χ1v) is 44.4. The van der Waals surface area contributed by atoms with Gasteiger partial charge in [0, 0.05) is 117 Å². The van der Waals surface area contributed by atoms with Crippen LogP contribution in [0.3, 0.4) is 0 Å². The van der Waals surface area contributed by atoms with E-state index in [0.29, 0.717) is 17.5 Å². The second-order valence-electron chi connectivity index (χ2n) is 34.0. The van der Waals surface area contributed by atoms with E-state index in [1.165, 1.54) is 142 Å². The van der Waals surface area contributed by atoms with Crippen molar-refractivity contribution in [3.63, 3.8) is 0 Å². The molecule has 0 bridgehead atoms. The summed E-state index contributed by atoms with van der Waals surface area (Å²) in [5, 5.41) is 15.0. The molecule has 0 fully saturated rings. The number of fused-ring (bicyclic) bond motifs is 27. The van der Waals surface area contributed by atoms with E-state index in [2.05, 4.69) is 443 Å². The summed E-state index contributed by atoms with van der Waals surface area (Å²) in [6.45, 7) is 0. The molecule has 0 saturated carbocycles. The largest absolute Gasteiger partial charge is 0.432 e. The standard InChI is InChI=1S/C45H28N4O.C39H24N4O.C33H20N4O/c1-4-16-40-35(13-1)36-14-2-5-17-41(36)49(40)34-20-22-43-38(28-34)37-15-3-6-18-42(37)48(43)33-12-8-11-31(26-33)29-9-7-10-30(25-29)32-19-21-39-44(27-32)47-23-24-50-45(47)46-39;1-4-13-34-29(10-1)30-11-2-5-14-35(30)43(34)28-17-19-37-32(24-28)31-12-3-6-15-36(31)42(37)27-9-7-8-25(22-27)26-16-18-38-33(23-26)40-39-41(38)20-21-44-39;1-4-10-28-23(7-1)24-8-2-5-11-29(24)36(28)21-14-16-31-26(19-21)25-9-3-6-12-30(25)37(31)22-13-15-27-32(20-22)35-17-18-38-33(35)34-27/h1-28H;1-24H;1-20H.